The van der Waals surface area contributed by atoms with Gasteiger partial charge in [-0.1, -0.05) is 11.6 Å². The van der Waals surface area contributed by atoms with Gasteiger partial charge in [0.2, 0.25) is 0 Å². The van der Waals surface area contributed by atoms with Crippen molar-refractivity contribution in [3.8, 4) is 0 Å². The van der Waals surface area contributed by atoms with Crippen molar-refractivity contribution in [2.75, 3.05) is 25.0 Å². The molecular weight excluding hydrogens is 406 g/mol. The zero-order valence-corrected chi connectivity index (χ0v) is 16.8. The fourth-order valence-electron chi connectivity index (χ4n) is 2.65. The van der Waals surface area contributed by atoms with Crippen molar-refractivity contribution in [2.45, 2.75) is 11.8 Å². The van der Waals surface area contributed by atoms with Crippen molar-refractivity contribution in [2.24, 2.45) is 0 Å². The highest BCUT2D eigenvalue weighted by molar-refractivity contribution is 7.92. The Kier molecular flexibility index (Phi) is 5.93. The van der Waals surface area contributed by atoms with Gasteiger partial charge in [0.1, 0.15) is 23.5 Å². The Bertz CT molecular complexity index is 1110. The van der Waals surface area contributed by atoms with Crippen molar-refractivity contribution in [1.29, 1.82) is 0 Å². The Morgan fingerprint density at radius 1 is 1.14 bits per heavy atom. The first-order chi connectivity index (χ1) is 13.3. The van der Waals surface area contributed by atoms with Gasteiger partial charge in [-0.15, -0.1) is 0 Å². The summed E-state index contributed by atoms with van der Waals surface area (Å²) in [6.45, 7) is 2.02. The van der Waals surface area contributed by atoms with E-state index in [1.54, 1.807) is 19.1 Å². The van der Waals surface area contributed by atoms with E-state index in [-0.39, 0.29) is 29.4 Å². The maximum absolute atomic E-state index is 12.6. The van der Waals surface area contributed by atoms with Crippen LogP contribution in [0.2, 0.25) is 5.02 Å². The molecule has 0 bridgehead atoms. The lowest BCUT2D eigenvalue weighted by molar-refractivity contribution is 0.0388. The predicted octanol–water partition coefficient (Wildman–Crippen LogP) is 4.00. The third-order valence-corrected chi connectivity index (χ3v) is 5.61. The van der Waals surface area contributed by atoms with Gasteiger partial charge in [0.15, 0.2) is 0 Å². The highest BCUT2D eigenvalue weighted by Crippen LogP contribution is 2.30. The van der Waals surface area contributed by atoms with Gasteiger partial charge in [-0.2, -0.15) is 0 Å². The maximum atomic E-state index is 12.6. The van der Waals surface area contributed by atoms with Crippen molar-refractivity contribution >= 4 is 44.3 Å². The number of ether oxygens (including phenoxy) is 2. The molecule has 9 heteroatoms. The van der Waals surface area contributed by atoms with Crippen LogP contribution >= 0.6 is 11.6 Å². The van der Waals surface area contributed by atoms with Gasteiger partial charge in [-0.25, -0.2) is 13.2 Å². The quantitative estimate of drug-likeness (QED) is 0.456. The highest BCUT2D eigenvalue weighted by atomic mass is 35.5. The number of furan rings is 1. The van der Waals surface area contributed by atoms with Crippen LogP contribution in [0.5, 0.6) is 0 Å². The van der Waals surface area contributed by atoms with E-state index >= 15 is 0 Å². The Hall–Kier alpha value is -2.55. The van der Waals surface area contributed by atoms with Gasteiger partial charge in [0.25, 0.3) is 10.0 Å². The Balaban J connectivity index is 1.92. The molecule has 1 N–H and O–H groups in total. The first kappa shape index (κ1) is 20.2. The molecule has 0 saturated carbocycles. The molecule has 0 amide bonds. The lowest BCUT2D eigenvalue weighted by Gasteiger charge is -2.08. The van der Waals surface area contributed by atoms with Crippen molar-refractivity contribution in [1.82, 2.24) is 0 Å². The first-order valence-electron chi connectivity index (χ1n) is 8.29. The van der Waals surface area contributed by atoms with E-state index in [1.807, 2.05) is 0 Å². The molecule has 0 unspecified atom stereocenters. The number of halogens is 1. The summed E-state index contributed by atoms with van der Waals surface area (Å²) < 4.78 is 43.2. The highest BCUT2D eigenvalue weighted by Gasteiger charge is 2.21. The van der Waals surface area contributed by atoms with Crippen molar-refractivity contribution in [3.05, 3.63) is 58.8 Å². The first-order valence-corrected chi connectivity index (χ1v) is 10.2. The minimum Gasteiger partial charge on any atom is -0.460 e. The number of esters is 1. The van der Waals surface area contributed by atoms with Crippen LogP contribution in [0, 0.1) is 6.92 Å². The van der Waals surface area contributed by atoms with Crippen LogP contribution in [0.25, 0.3) is 11.0 Å². The van der Waals surface area contributed by atoms with Crippen LogP contribution in [-0.2, 0) is 19.5 Å². The van der Waals surface area contributed by atoms with Crippen molar-refractivity contribution < 1.29 is 27.1 Å². The molecule has 0 atom stereocenters. The lowest BCUT2D eigenvalue weighted by Crippen LogP contribution is -2.13. The molecular formula is C19H18ClNO6S. The van der Waals surface area contributed by atoms with Gasteiger partial charge in [-0.3, -0.25) is 4.72 Å². The summed E-state index contributed by atoms with van der Waals surface area (Å²) >= 11 is 5.80. The van der Waals surface area contributed by atoms with Crippen molar-refractivity contribution in [3.63, 3.8) is 0 Å². The molecule has 7 nitrogen and oxygen atoms in total. The molecule has 0 radical (unpaired) electrons. The SMILES string of the molecule is COCCOC(=O)c1c(C)oc2ccc(NS(=O)(=O)c3ccc(Cl)cc3)cc12. The molecule has 0 spiro atoms. The average molecular weight is 424 g/mol. The second kappa shape index (κ2) is 8.22. The number of carbonyl (C=O) groups is 1. The molecule has 148 valence electrons. The fraction of sp³-hybridized carbons (Fsp3) is 0.211. The van der Waals surface area contributed by atoms with Gasteiger partial charge in [0.05, 0.1) is 11.5 Å². The second-order valence-electron chi connectivity index (χ2n) is 5.93. The number of hydrogen-bond acceptors (Lipinski definition) is 6. The number of sulfonamides is 1. The van der Waals surface area contributed by atoms with Gasteiger partial charge >= 0.3 is 5.97 Å². The molecule has 0 aliphatic heterocycles. The van der Waals surface area contributed by atoms with Crippen LogP contribution < -0.4 is 4.72 Å². The molecule has 1 heterocycles. The number of aryl methyl sites for hydroxylation is 1. The molecule has 3 rings (SSSR count). The summed E-state index contributed by atoms with van der Waals surface area (Å²) in [6, 6.07) is 10.5. The van der Waals surface area contributed by atoms with Crippen LogP contribution in [0.3, 0.4) is 0 Å². The van der Waals surface area contributed by atoms with E-state index in [1.165, 1.54) is 37.4 Å². The molecule has 0 aliphatic carbocycles. The Labute approximate surface area is 167 Å². The topological polar surface area (TPSA) is 94.8 Å². The summed E-state index contributed by atoms with van der Waals surface area (Å²) in [5.41, 5.74) is 0.985. The number of carbonyl (C=O) groups excluding carboxylic acids is 1. The molecule has 1 aromatic heterocycles. The average Bonchev–Trinajstić information content (AvgIpc) is 2.97. The van der Waals surface area contributed by atoms with Crippen LogP contribution in [0.4, 0.5) is 5.69 Å². The van der Waals surface area contributed by atoms with E-state index in [0.717, 1.165) is 0 Å². The fourth-order valence-corrected chi connectivity index (χ4v) is 3.83. The molecule has 3 aromatic rings. The normalized spacial score (nSPS) is 11.5. The molecule has 0 saturated heterocycles. The smallest absolute Gasteiger partial charge is 0.342 e. The monoisotopic (exact) mass is 423 g/mol. The summed E-state index contributed by atoms with van der Waals surface area (Å²) in [5.74, 6) is -0.180. The molecule has 0 fully saturated rings. The van der Waals surface area contributed by atoms with E-state index < -0.39 is 16.0 Å². The number of fused-ring (bicyclic) bond motifs is 1. The third kappa shape index (κ3) is 4.30. The zero-order chi connectivity index (χ0) is 20.3. The summed E-state index contributed by atoms with van der Waals surface area (Å²) in [5, 5.41) is 0.891. The number of benzene rings is 2. The van der Waals surface area contributed by atoms with E-state index in [0.29, 0.717) is 21.8 Å². The summed E-state index contributed by atoms with van der Waals surface area (Å²) in [4.78, 5) is 12.4. The third-order valence-electron chi connectivity index (χ3n) is 3.96. The van der Waals surface area contributed by atoms with Gasteiger partial charge in [0, 0.05) is 23.2 Å². The van der Waals surface area contributed by atoms with Crippen LogP contribution in [0.15, 0.2) is 51.8 Å². The van der Waals surface area contributed by atoms with E-state index in [4.69, 9.17) is 25.5 Å². The minimum absolute atomic E-state index is 0.0690. The zero-order valence-electron chi connectivity index (χ0n) is 15.2. The number of hydrogen-bond donors (Lipinski definition) is 1. The maximum Gasteiger partial charge on any atom is 0.342 e. The Morgan fingerprint density at radius 2 is 1.86 bits per heavy atom. The van der Waals surface area contributed by atoms with Crippen LogP contribution in [-0.4, -0.2) is 34.7 Å². The number of anilines is 1. The molecule has 28 heavy (non-hydrogen) atoms. The van der Waals surface area contributed by atoms with E-state index in [2.05, 4.69) is 4.72 Å². The minimum atomic E-state index is -3.81. The van der Waals surface area contributed by atoms with Gasteiger partial charge in [-0.05, 0) is 49.4 Å². The number of nitrogens with one attached hydrogen (secondary N) is 1. The Morgan fingerprint density at radius 3 is 2.54 bits per heavy atom. The van der Waals surface area contributed by atoms with E-state index in [9.17, 15) is 13.2 Å². The summed E-state index contributed by atoms with van der Waals surface area (Å²) in [6.07, 6.45) is 0. The number of methoxy groups -OCH3 is 1. The predicted molar refractivity (Wildman–Crippen MR) is 105 cm³/mol. The summed E-state index contributed by atoms with van der Waals surface area (Å²) in [7, 11) is -2.31. The largest absolute Gasteiger partial charge is 0.460 e. The number of rotatable bonds is 7. The molecule has 0 aliphatic rings. The lowest BCUT2D eigenvalue weighted by atomic mass is 10.1. The van der Waals surface area contributed by atoms with Crippen LogP contribution in [0.1, 0.15) is 16.1 Å². The van der Waals surface area contributed by atoms with Gasteiger partial charge < -0.3 is 13.9 Å². The second-order valence-corrected chi connectivity index (χ2v) is 8.05. The molecule has 2 aromatic carbocycles. The standard InChI is InChI=1S/C19H18ClNO6S/c1-12-18(19(22)26-10-9-25-2)16-11-14(5-8-17(16)27-12)21-28(23,24)15-6-3-13(20)4-7-15/h3-8,11,21H,9-10H2,1-2H3.